The van der Waals surface area contributed by atoms with Crippen LogP contribution in [0.15, 0.2) is 4.60 Å². The Morgan fingerprint density at radius 1 is 1.77 bits per heavy atom. The summed E-state index contributed by atoms with van der Waals surface area (Å²) in [5.74, 6) is -0.158. The molecule has 0 saturated heterocycles. The fourth-order valence-electron chi connectivity index (χ4n) is 1.42. The molecule has 1 aromatic heterocycles. The first-order valence-electron chi connectivity index (χ1n) is 3.92. The number of hydrogen-bond donors (Lipinski definition) is 2. The van der Waals surface area contributed by atoms with E-state index in [4.69, 9.17) is 5.73 Å². The van der Waals surface area contributed by atoms with E-state index in [1.807, 2.05) is 6.92 Å². The van der Waals surface area contributed by atoms with Crippen molar-refractivity contribution in [2.45, 2.75) is 19.5 Å². The molecule has 70 valence electrons. The average molecular weight is 245 g/mol. The van der Waals surface area contributed by atoms with Gasteiger partial charge in [-0.15, -0.1) is 0 Å². The number of nitrogens with zero attached hydrogens (tertiary/aromatic N) is 2. The minimum Gasteiger partial charge on any atom is -0.395 e. The van der Waals surface area contributed by atoms with Crippen LogP contribution in [0.25, 0.3) is 0 Å². The molecule has 1 atom stereocenters. The molecule has 0 spiro atoms. The van der Waals surface area contributed by atoms with Crippen molar-refractivity contribution in [2.24, 2.45) is 0 Å². The lowest BCUT2D eigenvalue weighted by Gasteiger charge is -2.20. The van der Waals surface area contributed by atoms with E-state index >= 15 is 0 Å². The Morgan fingerprint density at radius 3 is 3.15 bits per heavy atom. The number of carbonyl (C=O) groups excluding carboxylic acids is 1. The molecule has 5 nitrogen and oxygen atoms in total. The Kier molecular flexibility index (Phi) is 1.80. The van der Waals surface area contributed by atoms with Crippen LogP contribution in [0, 0.1) is 0 Å². The van der Waals surface area contributed by atoms with Gasteiger partial charge in [0.15, 0.2) is 4.60 Å². The topological polar surface area (TPSA) is 72.9 Å². The summed E-state index contributed by atoms with van der Waals surface area (Å²) in [4.78, 5) is 11.5. The third kappa shape index (κ3) is 1.21. The van der Waals surface area contributed by atoms with Gasteiger partial charge in [0.25, 0.3) is 5.91 Å². The molecule has 2 heterocycles. The largest absolute Gasteiger partial charge is 0.395 e. The normalized spacial score (nSPS) is 21.1. The van der Waals surface area contributed by atoms with Crippen LogP contribution in [0.4, 0.5) is 5.69 Å². The molecule has 0 saturated carbocycles. The zero-order valence-corrected chi connectivity index (χ0v) is 8.63. The number of halogens is 1. The first kappa shape index (κ1) is 8.55. The third-order valence-corrected chi connectivity index (χ3v) is 2.57. The first-order chi connectivity index (χ1) is 6.09. The highest BCUT2D eigenvalue weighted by Gasteiger charge is 2.26. The van der Waals surface area contributed by atoms with Gasteiger partial charge in [0, 0.05) is 6.04 Å². The highest BCUT2D eigenvalue weighted by atomic mass is 79.9. The number of nitrogen functional groups attached to an aromatic ring is 1. The summed E-state index contributed by atoms with van der Waals surface area (Å²) in [6, 6.07) is 0.103. The second-order valence-corrected chi connectivity index (χ2v) is 3.86. The lowest BCUT2D eigenvalue weighted by molar-refractivity contribution is 0.0902. The van der Waals surface area contributed by atoms with Crippen molar-refractivity contribution in [3.05, 3.63) is 10.3 Å². The summed E-state index contributed by atoms with van der Waals surface area (Å²) in [6.07, 6.45) is 0. The van der Waals surface area contributed by atoms with E-state index in [1.54, 1.807) is 4.68 Å². The fourth-order valence-corrected chi connectivity index (χ4v) is 1.79. The van der Waals surface area contributed by atoms with Gasteiger partial charge < -0.3 is 11.1 Å². The highest BCUT2D eigenvalue weighted by molar-refractivity contribution is 9.10. The fraction of sp³-hybridized carbons (Fsp3) is 0.429. The van der Waals surface area contributed by atoms with Crippen molar-refractivity contribution in [3.63, 3.8) is 0 Å². The lowest BCUT2D eigenvalue weighted by Crippen LogP contribution is -2.42. The molecule has 1 aliphatic rings. The van der Waals surface area contributed by atoms with E-state index < -0.39 is 0 Å². The summed E-state index contributed by atoms with van der Waals surface area (Å²) in [6.45, 7) is 2.59. The van der Waals surface area contributed by atoms with E-state index in [0.717, 1.165) is 0 Å². The molecule has 0 aromatic carbocycles. The average Bonchev–Trinajstić information content (AvgIpc) is 2.27. The van der Waals surface area contributed by atoms with Crippen molar-refractivity contribution in [3.8, 4) is 0 Å². The number of amides is 1. The van der Waals surface area contributed by atoms with Crippen LogP contribution in [0.2, 0.25) is 0 Å². The highest BCUT2D eigenvalue weighted by Crippen LogP contribution is 2.24. The number of rotatable bonds is 0. The number of anilines is 1. The quantitative estimate of drug-likeness (QED) is 0.693. The van der Waals surface area contributed by atoms with E-state index in [9.17, 15) is 4.79 Å². The minimum absolute atomic E-state index is 0.103. The van der Waals surface area contributed by atoms with Crippen molar-refractivity contribution in [1.82, 2.24) is 15.1 Å². The van der Waals surface area contributed by atoms with Crippen molar-refractivity contribution < 1.29 is 4.79 Å². The number of fused-ring (bicyclic) bond motifs is 1. The van der Waals surface area contributed by atoms with E-state index in [2.05, 4.69) is 26.3 Å². The number of nitrogens with two attached hydrogens (primary N) is 1. The number of nitrogens with one attached hydrogen (secondary N) is 1. The molecular formula is C7H9BrN4O. The maximum absolute atomic E-state index is 11.5. The van der Waals surface area contributed by atoms with Crippen LogP contribution in [0.3, 0.4) is 0 Å². The van der Waals surface area contributed by atoms with Gasteiger partial charge in [-0.1, -0.05) is 0 Å². The van der Waals surface area contributed by atoms with Crippen LogP contribution < -0.4 is 11.1 Å². The zero-order valence-electron chi connectivity index (χ0n) is 7.04. The molecule has 0 fully saturated rings. The Labute approximate surface area is 83.4 Å². The SMILES string of the molecule is C[C@H]1Cn2nc(Br)c(N)c2C(=O)N1. The second-order valence-electron chi connectivity index (χ2n) is 3.11. The van der Waals surface area contributed by atoms with Crippen molar-refractivity contribution in [1.29, 1.82) is 0 Å². The van der Waals surface area contributed by atoms with Crippen LogP contribution in [0.1, 0.15) is 17.4 Å². The molecule has 0 bridgehead atoms. The summed E-state index contributed by atoms with van der Waals surface area (Å²) in [5.41, 5.74) is 6.52. The lowest BCUT2D eigenvalue weighted by atomic mass is 10.2. The zero-order chi connectivity index (χ0) is 9.59. The molecule has 3 N–H and O–H groups in total. The molecule has 0 radical (unpaired) electrons. The molecule has 0 aliphatic carbocycles. The molecule has 2 rings (SSSR count). The van der Waals surface area contributed by atoms with Gasteiger partial charge >= 0.3 is 0 Å². The molecule has 1 amide bonds. The van der Waals surface area contributed by atoms with Gasteiger partial charge in [0.1, 0.15) is 5.69 Å². The maximum atomic E-state index is 11.5. The monoisotopic (exact) mass is 244 g/mol. The minimum atomic E-state index is -0.158. The third-order valence-electron chi connectivity index (χ3n) is 1.98. The Bertz CT molecular complexity index is 373. The summed E-state index contributed by atoms with van der Waals surface area (Å²) >= 11 is 3.19. The van der Waals surface area contributed by atoms with Gasteiger partial charge in [-0.2, -0.15) is 5.10 Å². The second kappa shape index (κ2) is 2.73. The number of carbonyl (C=O) groups is 1. The predicted molar refractivity (Wildman–Crippen MR) is 51.3 cm³/mol. The number of aromatic nitrogens is 2. The standard InChI is InChI=1S/C7H9BrN4O/c1-3-2-12-5(7(13)10-3)4(9)6(8)11-12/h3H,2,9H2,1H3,(H,10,13)/t3-/m0/s1. The molecule has 1 aromatic rings. The molecule has 1 aliphatic heterocycles. The molecule has 0 unspecified atom stereocenters. The van der Waals surface area contributed by atoms with E-state index in [1.165, 1.54) is 0 Å². The van der Waals surface area contributed by atoms with Gasteiger partial charge in [-0.3, -0.25) is 9.48 Å². The Balaban J connectivity index is 2.55. The molecule has 6 heteroatoms. The van der Waals surface area contributed by atoms with Crippen LogP contribution in [-0.2, 0) is 6.54 Å². The Morgan fingerprint density at radius 2 is 2.46 bits per heavy atom. The Hall–Kier alpha value is -1.04. The van der Waals surface area contributed by atoms with Crippen molar-refractivity contribution >= 4 is 27.5 Å². The summed E-state index contributed by atoms with van der Waals surface area (Å²) in [5, 5.41) is 6.89. The van der Waals surface area contributed by atoms with Crippen molar-refractivity contribution in [2.75, 3.05) is 5.73 Å². The van der Waals surface area contributed by atoms with Crippen LogP contribution in [-0.4, -0.2) is 21.7 Å². The first-order valence-corrected chi connectivity index (χ1v) is 4.71. The van der Waals surface area contributed by atoms with E-state index in [-0.39, 0.29) is 11.9 Å². The van der Waals surface area contributed by atoms with Crippen LogP contribution >= 0.6 is 15.9 Å². The molecule has 13 heavy (non-hydrogen) atoms. The maximum Gasteiger partial charge on any atom is 0.272 e. The summed E-state index contributed by atoms with van der Waals surface area (Å²) < 4.78 is 2.16. The van der Waals surface area contributed by atoms with Gasteiger partial charge in [-0.05, 0) is 22.9 Å². The van der Waals surface area contributed by atoms with Gasteiger partial charge in [-0.25, -0.2) is 0 Å². The smallest absolute Gasteiger partial charge is 0.272 e. The van der Waals surface area contributed by atoms with Crippen LogP contribution in [0.5, 0.6) is 0 Å². The predicted octanol–water partition coefficient (Wildman–Crippen LogP) is 0.360. The van der Waals surface area contributed by atoms with Gasteiger partial charge in [0.05, 0.1) is 12.2 Å². The van der Waals surface area contributed by atoms with Gasteiger partial charge in [0.2, 0.25) is 0 Å². The molecular weight excluding hydrogens is 236 g/mol. The number of hydrogen-bond acceptors (Lipinski definition) is 3. The summed E-state index contributed by atoms with van der Waals surface area (Å²) in [7, 11) is 0. The van der Waals surface area contributed by atoms with E-state index in [0.29, 0.717) is 22.5 Å².